The Morgan fingerprint density at radius 2 is 2.06 bits per heavy atom. The molecule has 1 rings (SSSR count). The van der Waals surface area contributed by atoms with Crippen molar-refractivity contribution in [2.45, 2.75) is 26.4 Å². The second-order valence-corrected chi connectivity index (χ2v) is 3.89. The highest BCUT2D eigenvalue weighted by Crippen LogP contribution is 2.10. The van der Waals surface area contributed by atoms with E-state index >= 15 is 0 Å². The third kappa shape index (κ3) is 7.37. The van der Waals surface area contributed by atoms with Gasteiger partial charge in [-0.05, 0) is 25.5 Å². The first kappa shape index (κ1) is 17.0. The number of nitrogens with one attached hydrogen (secondary N) is 1. The summed E-state index contributed by atoms with van der Waals surface area (Å²) in [5.74, 6) is 1.34. The lowest BCUT2D eigenvalue weighted by atomic mass is 10.3. The van der Waals surface area contributed by atoms with Crippen molar-refractivity contribution < 1.29 is 4.74 Å². The molecule has 18 heavy (non-hydrogen) atoms. The number of hydrogen-bond acceptors (Lipinski definition) is 2. The average Bonchev–Trinajstić information content (AvgIpc) is 2.35. The molecule has 0 aliphatic heterocycles. The Kier molecular flexibility index (Phi) is 9.45. The number of nitrogens with two attached hydrogens (primary N) is 1. The van der Waals surface area contributed by atoms with E-state index in [-0.39, 0.29) is 30.1 Å². The van der Waals surface area contributed by atoms with E-state index in [9.17, 15) is 0 Å². The first-order chi connectivity index (χ1) is 8.22. The van der Waals surface area contributed by atoms with Crippen molar-refractivity contribution in [2.75, 3.05) is 13.1 Å². The molecule has 3 N–H and O–H groups in total. The van der Waals surface area contributed by atoms with Gasteiger partial charge in [0.1, 0.15) is 11.9 Å². The molecule has 0 heterocycles. The van der Waals surface area contributed by atoms with Gasteiger partial charge in [0.05, 0.1) is 6.54 Å². The van der Waals surface area contributed by atoms with Crippen LogP contribution in [0.15, 0.2) is 35.3 Å². The van der Waals surface area contributed by atoms with Crippen LogP contribution < -0.4 is 15.8 Å². The maximum absolute atomic E-state index is 5.68. The van der Waals surface area contributed by atoms with Crippen LogP contribution in [-0.4, -0.2) is 25.2 Å². The molecule has 0 aliphatic rings. The quantitative estimate of drug-likeness (QED) is 0.464. The van der Waals surface area contributed by atoms with Crippen molar-refractivity contribution in [1.82, 2.24) is 5.32 Å². The Morgan fingerprint density at radius 3 is 2.67 bits per heavy atom. The Balaban J connectivity index is 0.00000289. The van der Waals surface area contributed by atoms with E-state index in [0.717, 1.165) is 18.7 Å². The highest BCUT2D eigenvalue weighted by Gasteiger charge is 2.02. The molecule has 0 radical (unpaired) electrons. The number of rotatable bonds is 6. The SMILES string of the molecule is CCCNC(N)=NCC(C)Oc1ccccc1.I. The first-order valence-electron chi connectivity index (χ1n) is 5.98. The lowest BCUT2D eigenvalue weighted by molar-refractivity contribution is 0.230. The van der Waals surface area contributed by atoms with Crippen LogP contribution in [0.4, 0.5) is 0 Å². The summed E-state index contributed by atoms with van der Waals surface area (Å²) in [5, 5.41) is 3.02. The van der Waals surface area contributed by atoms with Gasteiger partial charge in [0.25, 0.3) is 0 Å². The van der Waals surface area contributed by atoms with Gasteiger partial charge in [-0.3, -0.25) is 0 Å². The molecular formula is C13H22IN3O. The minimum Gasteiger partial charge on any atom is -0.489 e. The van der Waals surface area contributed by atoms with Crippen molar-refractivity contribution in [3.8, 4) is 5.75 Å². The van der Waals surface area contributed by atoms with E-state index in [0.29, 0.717) is 12.5 Å². The van der Waals surface area contributed by atoms with Crippen LogP contribution in [0, 0.1) is 0 Å². The standard InChI is InChI=1S/C13H21N3O.HI/c1-3-9-15-13(14)16-10-11(2)17-12-7-5-4-6-8-12;/h4-8,11H,3,9-10H2,1-2H3,(H3,14,15,16);1H. The third-order valence-electron chi connectivity index (χ3n) is 2.16. The lowest BCUT2D eigenvalue weighted by Gasteiger charge is -2.13. The summed E-state index contributed by atoms with van der Waals surface area (Å²) in [6.45, 7) is 5.46. The van der Waals surface area contributed by atoms with Crippen LogP contribution in [0.1, 0.15) is 20.3 Å². The average molecular weight is 363 g/mol. The molecule has 0 saturated heterocycles. The van der Waals surface area contributed by atoms with Gasteiger partial charge in [-0.25, -0.2) is 4.99 Å². The summed E-state index contributed by atoms with van der Waals surface area (Å²) >= 11 is 0. The molecule has 4 nitrogen and oxygen atoms in total. The number of aliphatic imine (C=N–C) groups is 1. The topological polar surface area (TPSA) is 59.6 Å². The first-order valence-corrected chi connectivity index (χ1v) is 5.98. The molecule has 0 saturated carbocycles. The summed E-state index contributed by atoms with van der Waals surface area (Å²) in [5.41, 5.74) is 5.68. The second-order valence-electron chi connectivity index (χ2n) is 3.89. The molecule has 1 atom stereocenters. The minimum atomic E-state index is 0. The number of benzene rings is 1. The van der Waals surface area contributed by atoms with Gasteiger partial charge in [-0.1, -0.05) is 25.1 Å². The highest BCUT2D eigenvalue weighted by molar-refractivity contribution is 14.0. The van der Waals surface area contributed by atoms with Crippen molar-refractivity contribution >= 4 is 29.9 Å². The van der Waals surface area contributed by atoms with Crippen molar-refractivity contribution in [1.29, 1.82) is 0 Å². The smallest absolute Gasteiger partial charge is 0.188 e. The summed E-state index contributed by atoms with van der Waals surface area (Å²) in [6, 6.07) is 9.71. The maximum atomic E-state index is 5.68. The molecule has 0 amide bonds. The molecule has 102 valence electrons. The van der Waals surface area contributed by atoms with Crippen LogP contribution in [0.3, 0.4) is 0 Å². The monoisotopic (exact) mass is 363 g/mol. The van der Waals surface area contributed by atoms with Gasteiger partial charge in [0.2, 0.25) is 0 Å². The highest BCUT2D eigenvalue weighted by atomic mass is 127. The van der Waals surface area contributed by atoms with Crippen molar-refractivity contribution in [3.05, 3.63) is 30.3 Å². The van der Waals surface area contributed by atoms with E-state index in [2.05, 4.69) is 17.2 Å². The van der Waals surface area contributed by atoms with Crippen LogP contribution in [0.2, 0.25) is 0 Å². The Labute approximate surface area is 126 Å². The van der Waals surface area contributed by atoms with E-state index in [4.69, 9.17) is 10.5 Å². The number of hydrogen-bond donors (Lipinski definition) is 2. The van der Waals surface area contributed by atoms with Crippen LogP contribution in [-0.2, 0) is 0 Å². The van der Waals surface area contributed by atoms with Gasteiger partial charge >= 0.3 is 0 Å². The zero-order chi connectivity index (χ0) is 12.5. The fraction of sp³-hybridized carbons (Fsp3) is 0.462. The third-order valence-corrected chi connectivity index (χ3v) is 2.16. The van der Waals surface area contributed by atoms with Crippen LogP contribution >= 0.6 is 24.0 Å². The fourth-order valence-corrected chi connectivity index (χ4v) is 1.30. The van der Waals surface area contributed by atoms with E-state index in [1.807, 2.05) is 37.3 Å². The summed E-state index contributed by atoms with van der Waals surface area (Å²) in [7, 11) is 0. The summed E-state index contributed by atoms with van der Waals surface area (Å²) in [4.78, 5) is 4.22. The predicted octanol–water partition coefficient (Wildman–Crippen LogP) is 2.39. The molecule has 0 fully saturated rings. The van der Waals surface area contributed by atoms with Crippen LogP contribution in [0.5, 0.6) is 5.75 Å². The Bertz CT molecular complexity index is 343. The minimum absolute atomic E-state index is 0. The van der Waals surface area contributed by atoms with E-state index in [1.165, 1.54) is 0 Å². The van der Waals surface area contributed by atoms with Crippen molar-refractivity contribution in [2.24, 2.45) is 10.7 Å². The normalized spacial score (nSPS) is 12.4. The van der Waals surface area contributed by atoms with Gasteiger partial charge in [-0.2, -0.15) is 0 Å². The second kappa shape index (κ2) is 9.99. The van der Waals surface area contributed by atoms with Crippen LogP contribution in [0.25, 0.3) is 0 Å². The number of halogens is 1. The maximum Gasteiger partial charge on any atom is 0.188 e. The fourth-order valence-electron chi connectivity index (χ4n) is 1.30. The molecule has 1 aromatic carbocycles. The molecule has 1 unspecified atom stereocenters. The van der Waals surface area contributed by atoms with E-state index < -0.39 is 0 Å². The van der Waals surface area contributed by atoms with Gasteiger partial charge in [0, 0.05) is 6.54 Å². The van der Waals surface area contributed by atoms with E-state index in [1.54, 1.807) is 0 Å². The molecule has 0 spiro atoms. The summed E-state index contributed by atoms with van der Waals surface area (Å²) < 4.78 is 5.68. The van der Waals surface area contributed by atoms with Gasteiger partial charge in [0.15, 0.2) is 5.96 Å². The number of nitrogens with zero attached hydrogens (tertiary/aromatic N) is 1. The molecule has 0 bridgehead atoms. The molecule has 0 aliphatic carbocycles. The van der Waals surface area contributed by atoms with Gasteiger partial charge < -0.3 is 15.8 Å². The largest absolute Gasteiger partial charge is 0.489 e. The lowest BCUT2D eigenvalue weighted by Crippen LogP contribution is -2.33. The molecule has 1 aromatic rings. The molecule has 0 aromatic heterocycles. The predicted molar refractivity (Wildman–Crippen MR) is 86.7 cm³/mol. The molecule has 5 heteroatoms. The van der Waals surface area contributed by atoms with Crippen molar-refractivity contribution in [3.63, 3.8) is 0 Å². The Hall–Kier alpha value is -0.980. The number of para-hydroxylation sites is 1. The molecular weight excluding hydrogens is 341 g/mol. The Morgan fingerprint density at radius 1 is 1.39 bits per heavy atom. The zero-order valence-electron chi connectivity index (χ0n) is 10.9. The summed E-state index contributed by atoms with van der Waals surface area (Å²) in [6.07, 6.45) is 1.05. The van der Waals surface area contributed by atoms with Gasteiger partial charge in [-0.15, -0.1) is 24.0 Å². The number of ether oxygens (including phenoxy) is 1. The zero-order valence-corrected chi connectivity index (χ0v) is 13.3. The number of guanidine groups is 1.